The maximum absolute atomic E-state index is 12.1. The van der Waals surface area contributed by atoms with Gasteiger partial charge in [-0.15, -0.1) is 0 Å². The third-order valence-corrected chi connectivity index (χ3v) is 4.71. The molecule has 0 atom stereocenters. The number of nitrogens with two attached hydrogens (primary N) is 1. The second-order valence-corrected chi connectivity index (χ2v) is 6.92. The Morgan fingerprint density at radius 3 is 2.48 bits per heavy atom. The van der Waals surface area contributed by atoms with Crippen molar-refractivity contribution in [2.75, 3.05) is 5.32 Å². The van der Waals surface area contributed by atoms with Crippen LogP contribution in [0.3, 0.4) is 0 Å². The normalized spacial score (nSPS) is 11.2. The Bertz CT molecular complexity index is 809. The van der Waals surface area contributed by atoms with Gasteiger partial charge in [-0.1, -0.05) is 23.7 Å². The highest BCUT2D eigenvalue weighted by Gasteiger charge is 2.16. The Morgan fingerprint density at radius 1 is 1.19 bits per heavy atom. The average Bonchev–Trinajstić information content (AvgIpc) is 2.40. The molecule has 0 heterocycles. The molecule has 0 aliphatic carbocycles. The second kappa shape index (κ2) is 6.15. The lowest BCUT2D eigenvalue weighted by atomic mass is 10.2. The van der Waals surface area contributed by atoms with E-state index in [9.17, 15) is 13.2 Å². The molecule has 5 nitrogen and oxygen atoms in total. The first-order valence-corrected chi connectivity index (χ1v) is 8.39. The molecular formula is C13H10BrClN2O3S. The van der Waals surface area contributed by atoms with Crippen molar-refractivity contribution in [3.8, 4) is 0 Å². The number of primary sulfonamides is 1. The van der Waals surface area contributed by atoms with Gasteiger partial charge in [-0.05, 0) is 46.3 Å². The van der Waals surface area contributed by atoms with E-state index < -0.39 is 15.9 Å². The molecule has 110 valence electrons. The number of hydrogen-bond donors (Lipinski definition) is 2. The van der Waals surface area contributed by atoms with Gasteiger partial charge in [0.2, 0.25) is 10.0 Å². The van der Waals surface area contributed by atoms with Gasteiger partial charge in [0.15, 0.2) is 0 Å². The number of rotatable bonds is 3. The fourth-order valence-corrected chi connectivity index (χ4v) is 3.07. The van der Waals surface area contributed by atoms with E-state index in [0.29, 0.717) is 10.2 Å². The summed E-state index contributed by atoms with van der Waals surface area (Å²) in [4.78, 5) is 11.9. The predicted molar refractivity (Wildman–Crippen MR) is 84.9 cm³/mol. The lowest BCUT2D eigenvalue weighted by Gasteiger charge is -2.09. The van der Waals surface area contributed by atoms with Crippen LogP contribution in [0.15, 0.2) is 51.8 Å². The molecule has 0 aliphatic rings. The molecule has 3 N–H and O–H groups in total. The van der Waals surface area contributed by atoms with Crippen molar-refractivity contribution in [2.45, 2.75) is 4.90 Å². The van der Waals surface area contributed by atoms with Crippen LogP contribution in [0.1, 0.15) is 10.4 Å². The number of sulfonamides is 1. The van der Waals surface area contributed by atoms with Gasteiger partial charge in [0, 0.05) is 10.0 Å². The summed E-state index contributed by atoms with van der Waals surface area (Å²) >= 11 is 9.08. The van der Waals surface area contributed by atoms with Gasteiger partial charge in [-0.3, -0.25) is 4.79 Å². The quantitative estimate of drug-likeness (QED) is 0.845. The summed E-state index contributed by atoms with van der Waals surface area (Å²) in [5.74, 6) is -0.469. The Hall–Kier alpha value is -1.41. The fourth-order valence-electron chi connectivity index (χ4n) is 1.62. The molecule has 1 amide bonds. The molecule has 2 rings (SSSR count). The number of nitrogens with one attached hydrogen (secondary N) is 1. The molecule has 2 aromatic carbocycles. The van der Waals surface area contributed by atoms with Crippen molar-refractivity contribution in [1.82, 2.24) is 0 Å². The lowest BCUT2D eigenvalue weighted by molar-refractivity contribution is 0.102. The smallest absolute Gasteiger partial charge is 0.255 e. The van der Waals surface area contributed by atoms with Crippen LogP contribution in [0, 0.1) is 0 Å². The van der Waals surface area contributed by atoms with E-state index in [-0.39, 0.29) is 15.5 Å². The van der Waals surface area contributed by atoms with Crippen LogP contribution < -0.4 is 10.5 Å². The standard InChI is InChI=1S/C13H10BrClN2O3S/c14-9-3-1-2-4-11(9)17-13(18)8-5-6-10(15)12(7-8)21(16,19)20/h1-7H,(H,17,18)(H2,16,19,20). The van der Waals surface area contributed by atoms with Gasteiger partial charge in [0.25, 0.3) is 5.91 Å². The minimum Gasteiger partial charge on any atom is -0.321 e. The van der Waals surface area contributed by atoms with Crippen LogP contribution in [-0.2, 0) is 10.0 Å². The van der Waals surface area contributed by atoms with Crippen molar-refractivity contribution < 1.29 is 13.2 Å². The van der Waals surface area contributed by atoms with Crippen LogP contribution in [0.4, 0.5) is 5.69 Å². The Morgan fingerprint density at radius 2 is 1.86 bits per heavy atom. The highest BCUT2D eigenvalue weighted by molar-refractivity contribution is 9.10. The first-order valence-electron chi connectivity index (χ1n) is 5.67. The average molecular weight is 390 g/mol. The zero-order chi connectivity index (χ0) is 15.6. The zero-order valence-corrected chi connectivity index (χ0v) is 13.7. The van der Waals surface area contributed by atoms with Crippen molar-refractivity contribution in [2.24, 2.45) is 5.14 Å². The summed E-state index contributed by atoms with van der Waals surface area (Å²) < 4.78 is 23.5. The molecule has 0 saturated heterocycles. The van der Waals surface area contributed by atoms with E-state index in [1.54, 1.807) is 24.3 Å². The number of benzene rings is 2. The highest BCUT2D eigenvalue weighted by atomic mass is 79.9. The molecule has 8 heteroatoms. The summed E-state index contributed by atoms with van der Waals surface area (Å²) in [6, 6.07) is 10.9. The van der Waals surface area contributed by atoms with Crippen LogP contribution in [0.25, 0.3) is 0 Å². The van der Waals surface area contributed by atoms with Gasteiger partial charge < -0.3 is 5.32 Å². The molecule has 0 bridgehead atoms. The molecule has 0 unspecified atom stereocenters. The minimum atomic E-state index is -3.99. The van der Waals surface area contributed by atoms with E-state index in [0.717, 1.165) is 6.07 Å². The van der Waals surface area contributed by atoms with E-state index in [4.69, 9.17) is 16.7 Å². The zero-order valence-electron chi connectivity index (χ0n) is 10.5. The Balaban J connectivity index is 2.35. The molecule has 0 aliphatic heterocycles. The number of anilines is 1. The number of carbonyl (C=O) groups excluding carboxylic acids is 1. The van der Waals surface area contributed by atoms with Gasteiger partial charge >= 0.3 is 0 Å². The molecule has 0 fully saturated rings. The number of amides is 1. The van der Waals surface area contributed by atoms with Crippen LogP contribution in [0.5, 0.6) is 0 Å². The van der Waals surface area contributed by atoms with E-state index in [1.807, 2.05) is 0 Å². The van der Waals surface area contributed by atoms with Crippen molar-refractivity contribution >= 4 is 49.1 Å². The van der Waals surface area contributed by atoms with Crippen molar-refractivity contribution in [3.63, 3.8) is 0 Å². The van der Waals surface area contributed by atoms with E-state index in [1.165, 1.54) is 12.1 Å². The van der Waals surface area contributed by atoms with Gasteiger partial charge in [0.1, 0.15) is 4.90 Å². The maximum atomic E-state index is 12.1. The lowest BCUT2D eigenvalue weighted by Crippen LogP contribution is -2.16. The molecule has 0 saturated carbocycles. The number of halogens is 2. The highest BCUT2D eigenvalue weighted by Crippen LogP contribution is 2.24. The molecule has 2 aromatic rings. The molecular weight excluding hydrogens is 380 g/mol. The molecule has 21 heavy (non-hydrogen) atoms. The maximum Gasteiger partial charge on any atom is 0.255 e. The Kier molecular flexibility index (Phi) is 4.67. The first-order chi connectivity index (χ1) is 9.79. The first kappa shape index (κ1) is 16.0. The van der Waals surface area contributed by atoms with E-state index in [2.05, 4.69) is 21.2 Å². The summed E-state index contributed by atoms with van der Waals surface area (Å²) in [5.41, 5.74) is 0.703. The monoisotopic (exact) mass is 388 g/mol. The number of carbonyl (C=O) groups is 1. The number of para-hydroxylation sites is 1. The third-order valence-electron chi connectivity index (χ3n) is 2.62. The third kappa shape index (κ3) is 3.82. The Labute approximate surface area is 135 Å². The second-order valence-electron chi connectivity index (χ2n) is 4.12. The number of hydrogen-bond acceptors (Lipinski definition) is 3. The summed E-state index contributed by atoms with van der Waals surface area (Å²) in [6.45, 7) is 0. The van der Waals surface area contributed by atoms with Crippen LogP contribution in [0.2, 0.25) is 5.02 Å². The fraction of sp³-hybridized carbons (Fsp3) is 0. The van der Waals surface area contributed by atoms with Gasteiger partial charge in [-0.2, -0.15) is 0 Å². The summed E-state index contributed by atoms with van der Waals surface area (Å²) in [5, 5.41) is 7.68. The molecule has 0 spiro atoms. The van der Waals surface area contributed by atoms with Gasteiger partial charge in [-0.25, -0.2) is 13.6 Å². The molecule has 0 aromatic heterocycles. The molecule has 0 radical (unpaired) electrons. The van der Waals surface area contributed by atoms with Crippen molar-refractivity contribution in [1.29, 1.82) is 0 Å². The van der Waals surface area contributed by atoms with Crippen molar-refractivity contribution in [3.05, 3.63) is 57.5 Å². The minimum absolute atomic E-state index is 0.0325. The van der Waals surface area contributed by atoms with Gasteiger partial charge in [0.05, 0.1) is 10.7 Å². The van der Waals surface area contributed by atoms with E-state index >= 15 is 0 Å². The SMILES string of the molecule is NS(=O)(=O)c1cc(C(=O)Nc2ccccc2Br)ccc1Cl. The topological polar surface area (TPSA) is 89.3 Å². The summed E-state index contributed by atoms with van der Waals surface area (Å²) in [6.07, 6.45) is 0. The summed E-state index contributed by atoms with van der Waals surface area (Å²) in [7, 11) is -3.99. The van der Waals surface area contributed by atoms with Crippen LogP contribution in [-0.4, -0.2) is 14.3 Å². The largest absolute Gasteiger partial charge is 0.321 e. The van der Waals surface area contributed by atoms with Crippen LogP contribution >= 0.6 is 27.5 Å². The predicted octanol–water partition coefficient (Wildman–Crippen LogP) is 3.00.